The fraction of sp³-hybridized carbons (Fsp3) is 0.647. The van der Waals surface area contributed by atoms with Crippen molar-refractivity contribution in [1.29, 1.82) is 0 Å². The molecule has 1 rings (SSSR count). The number of hydrogen-bond acceptors (Lipinski definition) is 3. The van der Waals surface area contributed by atoms with E-state index >= 15 is 0 Å². The molecule has 0 amide bonds. The summed E-state index contributed by atoms with van der Waals surface area (Å²) in [5, 5.41) is 13.3. The van der Waals surface area contributed by atoms with Gasteiger partial charge in [-0.25, -0.2) is 0 Å². The molecule has 0 aliphatic carbocycles. The van der Waals surface area contributed by atoms with Gasteiger partial charge in [-0.3, -0.25) is 0 Å². The SMILES string of the molecule is CC(C)CC(C)OCC(O)CN[C@@H](C)c1cccc(Br)c1. The fourth-order valence-electron chi connectivity index (χ4n) is 2.27. The van der Waals surface area contributed by atoms with Gasteiger partial charge in [0.05, 0.1) is 18.8 Å². The van der Waals surface area contributed by atoms with E-state index in [2.05, 4.69) is 61.1 Å². The average molecular weight is 358 g/mol. The van der Waals surface area contributed by atoms with Crippen LogP contribution in [0.25, 0.3) is 0 Å². The molecule has 120 valence electrons. The summed E-state index contributed by atoms with van der Waals surface area (Å²) in [6.45, 7) is 9.42. The summed E-state index contributed by atoms with van der Waals surface area (Å²) >= 11 is 3.47. The monoisotopic (exact) mass is 357 g/mol. The molecule has 0 radical (unpaired) electrons. The van der Waals surface area contributed by atoms with Crippen molar-refractivity contribution in [3.05, 3.63) is 34.3 Å². The van der Waals surface area contributed by atoms with Gasteiger partial charge in [-0.1, -0.05) is 41.9 Å². The number of benzene rings is 1. The number of aliphatic hydroxyl groups is 1. The Labute approximate surface area is 137 Å². The van der Waals surface area contributed by atoms with E-state index in [0.717, 1.165) is 10.9 Å². The molecule has 2 N–H and O–H groups in total. The summed E-state index contributed by atoms with van der Waals surface area (Å²) in [4.78, 5) is 0. The minimum absolute atomic E-state index is 0.196. The average Bonchev–Trinajstić information content (AvgIpc) is 2.41. The summed E-state index contributed by atoms with van der Waals surface area (Å²) in [7, 11) is 0. The predicted octanol–water partition coefficient (Wildman–Crippen LogP) is 3.91. The highest BCUT2D eigenvalue weighted by molar-refractivity contribution is 9.10. The van der Waals surface area contributed by atoms with Crippen molar-refractivity contribution in [2.45, 2.75) is 52.4 Å². The molecule has 0 aliphatic rings. The lowest BCUT2D eigenvalue weighted by molar-refractivity contribution is -0.00914. The molecule has 0 bridgehead atoms. The van der Waals surface area contributed by atoms with Crippen molar-refractivity contribution in [2.24, 2.45) is 5.92 Å². The molecule has 3 nitrogen and oxygen atoms in total. The van der Waals surface area contributed by atoms with Crippen molar-refractivity contribution in [3.63, 3.8) is 0 Å². The van der Waals surface area contributed by atoms with Crippen LogP contribution >= 0.6 is 15.9 Å². The third-order valence-corrected chi connectivity index (χ3v) is 3.88. The van der Waals surface area contributed by atoms with Crippen molar-refractivity contribution >= 4 is 15.9 Å². The third-order valence-electron chi connectivity index (χ3n) is 3.38. The van der Waals surface area contributed by atoms with E-state index in [9.17, 15) is 5.11 Å². The van der Waals surface area contributed by atoms with Crippen molar-refractivity contribution in [1.82, 2.24) is 5.32 Å². The van der Waals surface area contributed by atoms with E-state index in [1.165, 1.54) is 5.56 Å². The molecule has 0 saturated heterocycles. The highest BCUT2D eigenvalue weighted by Crippen LogP contribution is 2.17. The molecule has 0 saturated carbocycles. The summed E-state index contributed by atoms with van der Waals surface area (Å²) < 4.78 is 6.74. The molecule has 3 atom stereocenters. The number of rotatable bonds is 9. The molecule has 2 unspecified atom stereocenters. The van der Waals surface area contributed by atoms with Crippen molar-refractivity contribution in [2.75, 3.05) is 13.2 Å². The molecule has 0 heterocycles. The van der Waals surface area contributed by atoms with Crippen LogP contribution in [-0.2, 0) is 4.74 Å². The van der Waals surface area contributed by atoms with Gasteiger partial charge in [0.25, 0.3) is 0 Å². The minimum atomic E-state index is -0.478. The van der Waals surface area contributed by atoms with Crippen molar-refractivity contribution < 1.29 is 9.84 Å². The zero-order valence-corrected chi connectivity index (χ0v) is 15.1. The second-order valence-corrected chi connectivity index (χ2v) is 7.03. The summed E-state index contributed by atoms with van der Waals surface area (Å²) in [6, 6.07) is 8.39. The quantitative estimate of drug-likeness (QED) is 0.703. The Morgan fingerprint density at radius 3 is 2.57 bits per heavy atom. The molecule has 0 aliphatic heterocycles. The first kappa shape index (κ1) is 18.6. The predicted molar refractivity (Wildman–Crippen MR) is 91.4 cm³/mol. The molecule has 0 spiro atoms. The highest BCUT2D eigenvalue weighted by atomic mass is 79.9. The van der Waals surface area contributed by atoms with Gasteiger partial charge in [-0.05, 0) is 43.9 Å². The normalized spacial score (nSPS) is 16.0. The molecular formula is C17H28BrNO2. The Hall–Kier alpha value is -0.420. The zero-order valence-electron chi connectivity index (χ0n) is 13.5. The summed E-state index contributed by atoms with van der Waals surface area (Å²) in [5.74, 6) is 0.617. The second kappa shape index (κ2) is 9.57. The molecule has 1 aromatic carbocycles. The maximum atomic E-state index is 9.99. The largest absolute Gasteiger partial charge is 0.389 e. The van der Waals surface area contributed by atoms with Crippen LogP contribution in [0.2, 0.25) is 0 Å². The standard InChI is InChI=1S/C17H28BrNO2/c1-12(2)8-13(3)21-11-17(20)10-19-14(4)15-6-5-7-16(18)9-15/h5-7,9,12-14,17,19-20H,8,10-11H2,1-4H3/t13?,14-,17?/m0/s1. The van der Waals surface area contributed by atoms with Crippen LogP contribution in [0.1, 0.15) is 45.7 Å². The smallest absolute Gasteiger partial charge is 0.0898 e. The summed E-state index contributed by atoms with van der Waals surface area (Å²) in [6.07, 6.45) is 0.741. The lowest BCUT2D eigenvalue weighted by Gasteiger charge is -2.20. The topological polar surface area (TPSA) is 41.5 Å². The zero-order chi connectivity index (χ0) is 15.8. The van der Waals surface area contributed by atoms with Gasteiger partial charge >= 0.3 is 0 Å². The molecule has 4 heteroatoms. The maximum absolute atomic E-state index is 9.99. The van der Waals surface area contributed by atoms with Crippen molar-refractivity contribution in [3.8, 4) is 0 Å². The fourth-order valence-corrected chi connectivity index (χ4v) is 2.69. The van der Waals surface area contributed by atoms with E-state index in [-0.39, 0.29) is 12.1 Å². The first-order valence-corrected chi connectivity index (χ1v) is 8.46. The minimum Gasteiger partial charge on any atom is -0.389 e. The molecule has 21 heavy (non-hydrogen) atoms. The van der Waals surface area contributed by atoms with E-state index in [4.69, 9.17) is 4.74 Å². The number of hydrogen-bond donors (Lipinski definition) is 2. The van der Waals surface area contributed by atoms with Crippen LogP contribution in [0, 0.1) is 5.92 Å². The Morgan fingerprint density at radius 2 is 1.95 bits per heavy atom. The number of nitrogens with one attached hydrogen (secondary N) is 1. The van der Waals surface area contributed by atoms with Crippen LogP contribution in [0.4, 0.5) is 0 Å². The Morgan fingerprint density at radius 1 is 1.24 bits per heavy atom. The van der Waals surface area contributed by atoms with E-state index in [0.29, 0.717) is 19.1 Å². The lowest BCUT2D eigenvalue weighted by atomic mass is 10.1. The van der Waals surface area contributed by atoms with Gasteiger partial charge in [0.1, 0.15) is 0 Å². The van der Waals surface area contributed by atoms with Gasteiger partial charge in [0, 0.05) is 17.1 Å². The van der Waals surface area contributed by atoms with Gasteiger partial charge in [-0.15, -0.1) is 0 Å². The van der Waals surface area contributed by atoms with E-state index in [1.54, 1.807) is 0 Å². The lowest BCUT2D eigenvalue weighted by Crippen LogP contribution is -2.33. The van der Waals surface area contributed by atoms with Crippen LogP contribution in [0.15, 0.2) is 28.7 Å². The number of halogens is 1. The molecule has 0 aromatic heterocycles. The van der Waals surface area contributed by atoms with Gasteiger partial charge in [0.15, 0.2) is 0 Å². The molecular weight excluding hydrogens is 330 g/mol. The Balaban J connectivity index is 2.27. The number of aliphatic hydroxyl groups excluding tert-OH is 1. The first-order valence-electron chi connectivity index (χ1n) is 7.67. The highest BCUT2D eigenvalue weighted by Gasteiger charge is 2.12. The van der Waals surface area contributed by atoms with Gasteiger partial charge in [-0.2, -0.15) is 0 Å². The molecule has 0 fully saturated rings. The van der Waals surface area contributed by atoms with E-state index in [1.807, 2.05) is 12.1 Å². The van der Waals surface area contributed by atoms with Crippen LogP contribution in [0.3, 0.4) is 0 Å². The van der Waals surface area contributed by atoms with E-state index < -0.39 is 6.10 Å². The van der Waals surface area contributed by atoms with Gasteiger partial charge in [0.2, 0.25) is 0 Å². The van der Waals surface area contributed by atoms with Crippen LogP contribution in [0.5, 0.6) is 0 Å². The van der Waals surface area contributed by atoms with Gasteiger partial charge < -0.3 is 15.2 Å². The van der Waals surface area contributed by atoms with Crippen LogP contribution in [-0.4, -0.2) is 30.5 Å². The molecule has 1 aromatic rings. The Bertz CT molecular complexity index is 412. The van der Waals surface area contributed by atoms with Crippen LogP contribution < -0.4 is 5.32 Å². The third kappa shape index (κ3) is 7.96. The number of ether oxygens (including phenoxy) is 1. The first-order chi connectivity index (χ1) is 9.88. The second-order valence-electron chi connectivity index (χ2n) is 6.11. The summed E-state index contributed by atoms with van der Waals surface area (Å²) in [5.41, 5.74) is 1.20. The maximum Gasteiger partial charge on any atom is 0.0898 e. The Kier molecular flexibility index (Phi) is 8.49.